The highest BCUT2D eigenvalue weighted by atomic mass is 16.5. The molecule has 6 heteroatoms. The van der Waals surface area contributed by atoms with Crippen molar-refractivity contribution in [2.45, 2.75) is 38.6 Å². The summed E-state index contributed by atoms with van der Waals surface area (Å²) in [5.74, 6) is 0.883. The van der Waals surface area contributed by atoms with Gasteiger partial charge in [-0.2, -0.15) is 0 Å². The largest absolute Gasteiger partial charge is 0.493 e. The molecule has 2 atom stereocenters. The van der Waals surface area contributed by atoms with Crippen LogP contribution in [-0.4, -0.2) is 48.6 Å². The molecule has 2 N–H and O–H groups in total. The molecule has 2 fully saturated rings. The number of carbonyl (C=O) groups excluding carboxylic acids is 2. The number of nitrogens with one attached hydrogen (secondary N) is 2. The van der Waals surface area contributed by atoms with Crippen molar-refractivity contribution < 1.29 is 14.3 Å². The number of aryl methyl sites for hydroxylation is 1. The first-order valence-corrected chi connectivity index (χ1v) is 9.03. The normalized spacial score (nSPS) is 27.0. The Kier molecular flexibility index (Phi) is 5.27. The third-order valence-corrected chi connectivity index (χ3v) is 5.36. The molecule has 3 rings (SSSR count). The van der Waals surface area contributed by atoms with Gasteiger partial charge in [0.05, 0.1) is 6.61 Å². The summed E-state index contributed by atoms with van der Waals surface area (Å²) in [6.45, 7) is 7.37. The second-order valence-corrected chi connectivity index (χ2v) is 7.22. The Labute approximate surface area is 148 Å². The highest BCUT2D eigenvalue weighted by Gasteiger charge is 2.48. The van der Waals surface area contributed by atoms with Crippen LogP contribution in [0.25, 0.3) is 0 Å². The van der Waals surface area contributed by atoms with Gasteiger partial charge in [-0.1, -0.05) is 18.2 Å². The molecule has 0 spiro atoms. The van der Waals surface area contributed by atoms with Crippen LogP contribution >= 0.6 is 0 Å². The molecule has 2 aliphatic rings. The molecule has 0 bridgehead atoms. The fourth-order valence-corrected chi connectivity index (χ4v) is 3.76. The number of hydrogen-bond donors (Lipinski definition) is 2. The Morgan fingerprint density at radius 2 is 2.12 bits per heavy atom. The van der Waals surface area contributed by atoms with E-state index < -0.39 is 5.54 Å². The summed E-state index contributed by atoms with van der Waals surface area (Å²) in [5, 5.41) is 5.18. The van der Waals surface area contributed by atoms with Crippen molar-refractivity contribution in [1.29, 1.82) is 0 Å². The van der Waals surface area contributed by atoms with Crippen molar-refractivity contribution in [2.24, 2.45) is 5.92 Å². The summed E-state index contributed by atoms with van der Waals surface area (Å²) in [4.78, 5) is 26.0. The molecule has 136 valence electrons. The van der Waals surface area contributed by atoms with Crippen molar-refractivity contribution in [3.63, 3.8) is 0 Å². The van der Waals surface area contributed by atoms with E-state index in [1.165, 1.54) is 0 Å². The van der Waals surface area contributed by atoms with Gasteiger partial charge in [-0.3, -0.25) is 10.1 Å². The zero-order valence-corrected chi connectivity index (χ0v) is 15.0. The predicted octanol–water partition coefficient (Wildman–Crippen LogP) is 2.07. The zero-order chi connectivity index (χ0) is 17.9. The molecule has 2 saturated heterocycles. The number of ether oxygens (including phenoxy) is 1. The van der Waals surface area contributed by atoms with Crippen molar-refractivity contribution in [3.8, 4) is 5.75 Å². The molecular formula is C19H27N3O3. The first kappa shape index (κ1) is 17.7. The van der Waals surface area contributed by atoms with E-state index in [0.29, 0.717) is 6.61 Å². The maximum Gasteiger partial charge on any atom is 0.322 e. The number of likely N-dealkylation sites (tertiary alicyclic amines) is 1. The van der Waals surface area contributed by atoms with E-state index in [1.807, 2.05) is 38.1 Å². The standard InChI is InChI=1S/C19H27N3O3/c1-14-7-3-4-9-16(14)25-12-6-11-22-10-5-8-15(13-22)19(2)17(23)20-18(24)21-19/h3-4,7,9,15H,5-6,8,10-13H2,1-2H3,(H2,20,21,23,24)/t15-,19+/m1/s1. The van der Waals surface area contributed by atoms with Crippen molar-refractivity contribution in [2.75, 3.05) is 26.2 Å². The Morgan fingerprint density at radius 1 is 1.32 bits per heavy atom. The lowest BCUT2D eigenvalue weighted by Crippen LogP contribution is -2.55. The Balaban J connectivity index is 1.47. The number of para-hydroxylation sites is 1. The molecule has 0 radical (unpaired) electrons. The smallest absolute Gasteiger partial charge is 0.322 e. The molecule has 0 unspecified atom stereocenters. The summed E-state index contributed by atoms with van der Waals surface area (Å²) < 4.78 is 5.86. The van der Waals surface area contributed by atoms with Crippen molar-refractivity contribution in [3.05, 3.63) is 29.8 Å². The van der Waals surface area contributed by atoms with E-state index in [-0.39, 0.29) is 17.9 Å². The molecule has 0 aromatic heterocycles. The number of piperidine rings is 1. The summed E-state index contributed by atoms with van der Waals surface area (Å²) in [6, 6.07) is 7.66. The van der Waals surface area contributed by atoms with E-state index in [2.05, 4.69) is 15.5 Å². The summed E-state index contributed by atoms with van der Waals surface area (Å²) in [6.07, 6.45) is 2.94. The highest BCUT2D eigenvalue weighted by Crippen LogP contribution is 2.29. The SMILES string of the molecule is Cc1ccccc1OCCCN1CCC[C@@H]([C@]2(C)NC(=O)NC2=O)C1. The van der Waals surface area contributed by atoms with E-state index in [4.69, 9.17) is 4.74 Å². The van der Waals surface area contributed by atoms with Crippen LogP contribution in [0.1, 0.15) is 31.7 Å². The van der Waals surface area contributed by atoms with Gasteiger partial charge in [0.25, 0.3) is 5.91 Å². The Morgan fingerprint density at radius 3 is 2.84 bits per heavy atom. The molecule has 0 saturated carbocycles. The average molecular weight is 345 g/mol. The number of rotatable bonds is 6. The lowest BCUT2D eigenvalue weighted by Gasteiger charge is -2.39. The van der Waals surface area contributed by atoms with Crippen LogP contribution in [0.4, 0.5) is 4.79 Å². The van der Waals surface area contributed by atoms with E-state index in [1.54, 1.807) is 0 Å². The molecule has 3 amide bonds. The van der Waals surface area contributed by atoms with Gasteiger partial charge < -0.3 is 15.0 Å². The number of nitrogens with zero attached hydrogens (tertiary/aromatic N) is 1. The third-order valence-electron chi connectivity index (χ3n) is 5.36. The maximum absolute atomic E-state index is 12.1. The van der Waals surface area contributed by atoms with Crippen LogP contribution in [0.2, 0.25) is 0 Å². The average Bonchev–Trinajstić information content (AvgIpc) is 2.87. The Hall–Kier alpha value is -2.08. The molecule has 6 nitrogen and oxygen atoms in total. The second kappa shape index (κ2) is 7.44. The fourth-order valence-electron chi connectivity index (χ4n) is 3.76. The Bertz CT molecular complexity index is 649. The van der Waals surface area contributed by atoms with Crippen LogP contribution in [0.5, 0.6) is 5.75 Å². The van der Waals surface area contributed by atoms with Gasteiger partial charge in [-0.15, -0.1) is 0 Å². The van der Waals surface area contributed by atoms with Crippen molar-refractivity contribution >= 4 is 11.9 Å². The van der Waals surface area contributed by atoms with Gasteiger partial charge in [0.1, 0.15) is 11.3 Å². The van der Waals surface area contributed by atoms with Gasteiger partial charge >= 0.3 is 6.03 Å². The van der Waals surface area contributed by atoms with Gasteiger partial charge in [0, 0.05) is 19.0 Å². The second-order valence-electron chi connectivity index (χ2n) is 7.22. The molecule has 25 heavy (non-hydrogen) atoms. The molecule has 2 heterocycles. The lowest BCUT2D eigenvalue weighted by molar-refractivity contribution is -0.126. The van der Waals surface area contributed by atoms with Crippen LogP contribution in [-0.2, 0) is 4.79 Å². The highest BCUT2D eigenvalue weighted by molar-refractivity contribution is 6.06. The first-order valence-electron chi connectivity index (χ1n) is 9.03. The summed E-state index contributed by atoms with van der Waals surface area (Å²) >= 11 is 0. The number of benzene rings is 1. The molecule has 1 aromatic carbocycles. The number of carbonyl (C=O) groups is 2. The molecule has 1 aromatic rings. The van der Waals surface area contributed by atoms with Crippen LogP contribution in [0.3, 0.4) is 0 Å². The third kappa shape index (κ3) is 3.95. The van der Waals surface area contributed by atoms with Crippen LogP contribution in [0.15, 0.2) is 24.3 Å². The number of urea groups is 1. The molecular weight excluding hydrogens is 318 g/mol. The van der Waals surface area contributed by atoms with E-state index >= 15 is 0 Å². The van der Waals surface area contributed by atoms with Crippen LogP contribution < -0.4 is 15.4 Å². The monoisotopic (exact) mass is 345 g/mol. The molecule has 2 aliphatic heterocycles. The van der Waals surface area contributed by atoms with Crippen molar-refractivity contribution in [1.82, 2.24) is 15.5 Å². The molecule has 0 aliphatic carbocycles. The maximum atomic E-state index is 12.1. The summed E-state index contributed by atoms with van der Waals surface area (Å²) in [7, 11) is 0. The first-order chi connectivity index (χ1) is 12.0. The van der Waals surface area contributed by atoms with Gasteiger partial charge in [-0.25, -0.2) is 4.79 Å². The minimum atomic E-state index is -0.784. The van der Waals surface area contributed by atoms with Gasteiger partial charge in [0.2, 0.25) is 0 Å². The van der Waals surface area contributed by atoms with Crippen LogP contribution in [0, 0.1) is 12.8 Å². The van der Waals surface area contributed by atoms with Gasteiger partial charge in [-0.05, 0) is 51.3 Å². The number of amides is 3. The van der Waals surface area contributed by atoms with E-state index in [0.717, 1.165) is 50.2 Å². The number of imide groups is 1. The van der Waals surface area contributed by atoms with E-state index in [9.17, 15) is 9.59 Å². The quantitative estimate of drug-likeness (QED) is 0.612. The topological polar surface area (TPSA) is 70.7 Å². The predicted molar refractivity (Wildman–Crippen MR) is 95.5 cm³/mol. The zero-order valence-electron chi connectivity index (χ0n) is 15.0. The lowest BCUT2D eigenvalue weighted by atomic mass is 9.80. The summed E-state index contributed by atoms with van der Waals surface area (Å²) in [5.41, 5.74) is 0.365. The van der Waals surface area contributed by atoms with Gasteiger partial charge in [0.15, 0.2) is 0 Å². The minimum absolute atomic E-state index is 0.144. The number of hydrogen-bond acceptors (Lipinski definition) is 4. The minimum Gasteiger partial charge on any atom is -0.493 e. The fraction of sp³-hybridized carbons (Fsp3) is 0.579.